The van der Waals surface area contributed by atoms with Crippen LogP contribution >= 0.6 is 0 Å². The molecule has 0 fully saturated rings. The molecule has 0 amide bonds. The number of nitrogens with two attached hydrogens (primary N) is 1. The van der Waals surface area contributed by atoms with Crippen molar-refractivity contribution in [1.29, 1.82) is 0 Å². The standard InChI is InChI=1S/C15H22N4O/c1-9(2)7-19-12(8-20)18-13-14(19)10-5-3-4-6-11(10)17-15(13)16/h9,20H,3-8H2,1-2H3,(H2,16,17). The number of nitrogens with zero attached hydrogens (tertiary/aromatic N) is 3. The predicted molar refractivity (Wildman–Crippen MR) is 79.3 cm³/mol. The van der Waals surface area contributed by atoms with Crippen molar-refractivity contribution in [1.82, 2.24) is 14.5 Å². The van der Waals surface area contributed by atoms with Crippen LogP contribution in [0.3, 0.4) is 0 Å². The average Bonchev–Trinajstić information content (AvgIpc) is 2.78. The minimum atomic E-state index is -0.0599. The van der Waals surface area contributed by atoms with Crippen LogP contribution in [0.15, 0.2) is 0 Å². The SMILES string of the molecule is CC(C)Cn1c(CO)nc2c(N)nc3c(c21)CCCC3. The third-order valence-corrected chi connectivity index (χ3v) is 3.96. The minimum Gasteiger partial charge on any atom is -0.388 e. The first kappa shape index (κ1) is 13.4. The molecule has 0 bridgehead atoms. The Labute approximate surface area is 118 Å². The highest BCUT2D eigenvalue weighted by Crippen LogP contribution is 2.31. The molecule has 108 valence electrons. The number of nitrogen functional groups attached to an aromatic ring is 1. The van der Waals surface area contributed by atoms with E-state index in [-0.39, 0.29) is 6.61 Å². The van der Waals surface area contributed by atoms with E-state index in [4.69, 9.17) is 5.73 Å². The topological polar surface area (TPSA) is 77.0 Å². The first-order valence-corrected chi connectivity index (χ1v) is 7.39. The summed E-state index contributed by atoms with van der Waals surface area (Å²) >= 11 is 0. The quantitative estimate of drug-likeness (QED) is 0.898. The number of imidazole rings is 1. The summed E-state index contributed by atoms with van der Waals surface area (Å²) in [7, 11) is 0. The lowest BCUT2D eigenvalue weighted by atomic mass is 9.94. The fourth-order valence-corrected chi connectivity index (χ4v) is 3.13. The highest BCUT2D eigenvalue weighted by molar-refractivity contribution is 5.89. The van der Waals surface area contributed by atoms with Gasteiger partial charge in [0.2, 0.25) is 0 Å². The first-order valence-electron chi connectivity index (χ1n) is 7.39. The highest BCUT2D eigenvalue weighted by Gasteiger charge is 2.22. The van der Waals surface area contributed by atoms with Crippen molar-refractivity contribution >= 4 is 16.9 Å². The molecule has 0 radical (unpaired) electrons. The van der Waals surface area contributed by atoms with E-state index in [1.54, 1.807) is 0 Å². The second-order valence-corrected chi connectivity index (χ2v) is 6.02. The van der Waals surface area contributed by atoms with Crippen molar-refractivity contribution in [2.45, 2.75) is 52.7 Å². The van der Waals surface area contributed by atoms with Crippen LogP contribution in [0.25, 0.3) is 11.0 Å². The van der Waals surface area contributed by atoms with E-state index in [9.17, 15) is 5.11 Å². The maximum absolute atomic E-state index is 9.58. The van der Waals surface area contributed by atoms with Crippen LogP contribution in [0.1, 0.15) is 43.8 Å². The Balaban J connectivity index is 2.31. The summed E-state index contributed by atoms with van der Waals surface area (Å²) in [5.41, 5.74) is 10.3. The van der Waals surface area contributed by atoms with Crippen LogP contribution in [-0.2, 0) is 26.0 Å². The number of aliphatic hydroxyl groups is 1. The summed E-state index contributed by atoms with van der Waals surface area (Å²) in [6, 6.07) is 0. The van der Waals surface area contributed by atoms with Gasteiger partial charge in [0.15, 0.2) is 5.82 Å². The number of aromatic nitrogens is 3. The fraction of sp³-hybridized carbons (Fsp3) is 0.600. The average molecular weight is 274 g/mol. The first-order chi connectivity index (χ1) is 9.61. The number of anilines is 1. The smallest absolute Gasteiger partial charge is 0.151 e. The minimum absolute atomic E-state index is 0.0599. The maximum atomic E-state index is 9.58. The highest BCUT2D eigenvalue weighted by atomic mass is 16.3. The largest absolute Gasteiger partial charge is 0.388 e. The van der Waals surface area contributed by atoms with Crippen molar-refractivity contribution < 1.29 is 5.11 Å². The van der Waals surface area contributed by atoms with E-state index in [0.717, 1.165) is 36.1 Å². The third-order valence-electron chi connectivity index (χ3n) is 3.96. The molecule has 5 nitrogen and oxygen atoms in total. The summed E-state index contributed by atoms with van der Waals surface area (Å²) in [4.78, 5) is 9.05. The van der Waals surface area contributed by atoms with Gasteiger partial charge in [-0.05, 0) is 37.2 Å². The van der Waals surface area contributed by atoms with Crippen LogP contribution in [-0.4, -0.2) is 19.6 Å². The Bertz CT molecular complexity index is 645. The molecule has 0 spiro atoms. The molecule has 0 unspecified atom stereocenters. The number of rotatable bonds is 3. The molecule has 2 aromatic heterocycles. The van der Waals surface area contributed by atoms with Gasteiger partial charge in [0.05, 0.1) is 5.52 Å². The van der Waals surface area contributed by atoms with Gasteiger partial charge >= 0.3 is 0 Å². The van der Waals surface area contributed by atoms with Gasteiger partial charge < -0.3 is 15.4 Å². The van der Waals surface area contributed by atoms with Crippen LogP contribution in [0.4, 0.5) is 5.82 Å². The molecule has 5 heteroatoms. The van der Waals surface area contributed by atoms with Crippen LogP contribution in [0.2, 0.25) is 0 Å². The predicted octanol–water partition coefficient (Wildman–Crippen LogP) is 2.04. The van der Waals surface area contributed by atoms with E-state index >= 15 is 0 Å². The van der Waals surface area contributed by atoms with E-state index < -0.39 is 0 Å². The van der Waals surface area contributed by atoms with Gasteiger partial charge in [-0.15, -0.1) is 0 Å². The molecule has 1 aliphatic rings. The van der Waals surface area contributed by atoms with Gasteiger partial charge in [0, 0.05) is 12.2 Å². The van der Waals surface area contributed by atoms with Crippen molar-refractivity contribution in [3.8, 4) is 0 Å². The number of aryl methyl sites for hydroxylation is 2. The zero-order valence-corrected chi connectivity index (χ0v) is 12.2. The van der Waals surface area contributed by atoms with Crippen LogP contribution < -0.4 is 5.73 Å². The number of hydrogen-bond acceptors (Lipinski definition) is 4. The lowest BCUT2D eigenvalue weighted by molar-refractivity contribution is 0.263. The van der Waals surface area contributed by atoms with Crippen molar-refractivity contribution in [3.63, 3.8) is 0 Å². The lowest BCUT2D eigenvalue weighted by Gasteiger charge is -2.19. The molecule has 3 rings (SSSR count). The zero-order chi connectivity index (χ0) is 14.3. The van der Waals surface area contributed by atoms with Gasteiger partial charge in [-0.3, -0.25) is 0 Å². The summed E-state index contributed by atoms with van der Waals surface area (Å²) in [5.74, 6) is 1.69. The molecular weight excluding hydrogens is 252 g/mol. The second-order valence-electron chi connectivity index (χ2n) is 6.02. The molecule has 3 N–H and O–H groups in total. The molecule has 0 atom stereocenters. The lowest BCUT2D eigenvalue weighted by Crippen LogP contribution is -2.13. The molecular formula is C15H22N4O. The molecule has 2 aromatic rings. The third kappa shape index (κ3) is 2.06. The Morgan fingerprint density at radius 1 is 1.25 bits per heavy atom. The van der Waals surface area contributed by atoms with Gasteiger partial charge in [0.1, 0.15) is 17.9 Å². The van der Waals surface area contributed by atoms with Crippen molar-refractivity contribution in [3.05, 3.63) is 17.1 Å². The maximum Gasteiger partial charge on any atom is 0.151 e. The number of pyridine rings is 1. The van der Waals surface area contributed by atoms with E-state index in [1.165, 1.54) is 18.4 Å². The van der Waals surface area contributed by atoms with Gasteiger partial charge in [-0.2, -0.15) is 0 Å². The summed E-state index contributed by atoms with van der Waals surface area (Å²) in [6.45, 7) is 5.13. The fourth-order valence-electron chi connectivity index (χ4n) is 3.13. The van der Waals surface area contributed by atoms with Crippen LogP contribution in [0, 0.1) is 5.92 Å². The Hall–Kier alpha value is -1.62. The van der Waals surface area contributed by atoms with Gasteiger partial charge in [0.25, 0.3) is 0 Å². The normalized spacial score (nSPS) is 15.0. The van der Waals surface area contributed by atoms with Crippen molar-refractivity contribution in [2.24, 2.45) is 5.92 Å². The van der Waals surface area contributed by atoms with E-state index in [0.29, 0.717) is 17.6 Å². The molecule has 1 aliphatic carbocycles. The summed E-state index contributed by atoms with van der Waals surface area (Å²) in [5, 5.41) is 9.58. The molecule has 0 saturated carbocycles. The van der Waals surface area contributed by atoms with Gasteiger partial charge in [-0.25, -0.2) is 9.97 Å². The summed E-state index contributed by atoms with van der Waals surface area (Å²) < 4.78 is 2.14. The number of fused-ring (bicyclic) bond motifs is 3. The monoisotopic (exact) mass is 274 g/mol. The molecule has 2 heterocycles. The molecule has 0 aliphatic heterocycles. The molecule has 0 saturated heterocycles. The Morgan fingerprint density at radius 3 is 2.70 bits per heavy atom. The molecule has 20 heavy (non-hydrogen) atoms. The van der Waals surface area contributed by atoms with E-state index in [2.05, 4.69) is 28.4 Å². The second kappa shape index (κ2) is 5.05. The van der Waals surface area contributed by atoms with Gasteiger partial charge in [-0.1, -0.05) is 13.8 Å². The van der Waals surface area contributed by atoms with E-state index in [1.807, 2.05) is 0 Å². The van der Waals surface area contributed by atoms with Crippen LogP contribution in [0.5, 0.6) is 0 Å². The number of aliphatic hydroxyl groups excluding tert-OH is 1. The molecule has 0 aromatic carbocycles. The Kier molecular flexibility index (Phi) is 3.38. The zero-order valence-electron chi connectivity index (χ0n) is 12.2. The number of hydrogen-bond donors (Lipinski definition) is 2. The van der Waals surface area contributed by atoms with Crippen molar-refractivity contribution in [2.75, 3.05) is 5.73 Å². The summed E-state index contributed by atoms with van der Waals surface area (Å²) in [6.07, 6.45) is 4.40. The Morgan fingerprint density at radius 2 is 2.00 bits per heavy atom.